The number of amidine groups is 1. The first-order chi connectivity index (χ1) is 3.77. The number of rotatable bonds is 4. The lowest BCUT2D eigenvalue weighted by Gasteiger charge is -1.92. The molecule has 3 N–H and O–H groups in total. The smallest absolute Gasteiger partial charge is 0.0905 e. The Balaban J connectivity index is 2.82. The van der Waals surface area contributed by atoms with Gasteiger partial charge in [-0.3, -0.25) is 5.41 Å². The van der Waals surface area contributed by atoms with Crippen molar-refractivity contribution in [2.24, 2.45) is 5.73 Å². The molecular formula is C5H11IN2. The molecule has 0 saturated carbocycles. The molecule has 0 atom stereocenters. The molecule has 0 radical (unpaired) electrons. The number of nitrogens with two attached hydrogens (primary N) is 1. The molecule has 48 valence electrons. The van der Waals surface area contributed by atoms with Gasteiger partial charge in [0.1, 0.15) is 0 Å². The fourth-order valence-electron chi connectivity index (χ4n) is 0.410. The van der Waals surface area contributed by atoms with Crippen LogP contribution in [0.1, 0.15) is 19.3 Å². The van der Waals surface area contributed by atoms with Crippen LogP contribution in [-0.2, 0) is 0 Å². The van der Waals surface area contributed by atoms with E-state index in [1.54, 1.807) is 0 Å². The van der Waals surface area contributed by atoms with E-state index in [9.17, 15) is 0 Å². The maximum absolute atomic E-state index is 6.85. The van der Waals surface area contributed by atoms with Crippen molar-refractivity contribution < 1.29 is 0 Å². The molecule has 0 unspecified atom stereocenters. The van der Waals surface area contributed by atoms with E-state index in [4.69, 9.17) is 11.1 Å². The Morgan fingerprint density at radius 1 is 1.50 bits per heavy atom. The number of unbranched alkanes of at least 4 members (excludes halogenated alkanes) is 1. The van der Waals surface area contributed by atoms with Crippen LogP contribution in [0.25, 0.3) is 0 Å². The highest BCUT2D eigenvalue weighted by Gasteiger charge is 1.87. The molecule has 0 aromatic heterocycles. The van der Waals surface area contributed by atoms with Crippen LogP contribution >= 0.6 is 22.6 Å². The first-order valence-electron chi connectivity index (χ1n) is 2.66. The maximum atomic E-state index is 6.85. The molecule has 0 fully saturated rings. The molecule has 2 nitrogen and oxygen atoms in total. The fourth-order valence-corrected chi connectivity index (χ4v) is 0.949. The third-order valence-electron chi connectivity index (χ3n) is 0.830. The van der Waals surface area contributed by atoms with Gasteiger partial charge in [0.15, 0.2) is 0 Å². The van der Waals surface area contributed by atoms with Crippen LogP contribution in [0.4, 0.5) is 0 Å². The minimum Gasteiger partial charge on any atom is -0.388 e. The zero-order chi connectivity index (χ0) is 6.41. The van der Waals surface area contributed by atoms with Crippen molar-refractivity contribution in [2.75, 3.05) is 4.43 Å². The van der Waals surface area contributed by atoms with E-state index in [1.807, 2.05) is 0 Å². The van der Waals surface area contributed by atoms with Gasteiger partial charge in [-0.05, 0) is 17.3 Å². The highest BCUT2D eigenvalue weighted by Crippen LogP contribution is 1.97. The fraction of sp³-hybridized carbons (Fsp3) is 0.800. The maximum Gasteiger partial charge on any atom is 0.0905 e. The third-order valence-corrected chi connectivity index (χ3v) is 1.59. The van der Waals surface area contributed by atoms with Gasteiger partial charge in [-0.15, -0.1) is 0 Å². The van der Waals surface area contributed by atoms with Crippen LogP contribution in [0.5, 0.6) is 0 Å². The summed E-state index contributed by atoms with van der Waals surface area (Å²) < 4.78 is 1.17. The second kappa shape index (κ2) is 5.34. The quantitative estimate of drug-likeness (QED) is 0.246. The van der Waals surface area contributed by atoms with Crippen molar-refractivity contribution in [2.45, 2.75) is 19.3 Å². The first kappa shape index (κ1) is 8.20. The summed E-state index contributed by atoms with van der Waals surface area (Å²) >= 11 is 2.32. The normalized spacial score (nSPS) is 9.12. The average molecular weight is 226 g/mol. The van der Waals surface area contributed by atoms with Crippen molar-refractivity contribution in [3.05, 3.63) is 0 Å². The summed E-state index contributed by atoms with van der Waals surface area (Å²) in [6, 6.07) is 0. The molecule has 0 aromatic carbocycles. The molecule has 8 heavy (non-hydrogen) atoms. The summed E-state index contributed by atoms with van der Waals surface area (Å²) in [5, 5.41) is 6.85. The largest absolute Gasteiger partial charge is 0.388 e. The van der Waals surface area contributed by atoms with Gasteiger partial charge in [0.2, 0.25) is 0 Å². The molecule has 0 aliphatic rings. The monoisotopic (exact) mass is 226 g/mol. The third kappa shape index (κ3) is 6.20. The topological polar surface area (TPSA) is 49.9 Å². The summed E-state index contributed by atoms with van der Waals surface area (Å²) in [5.41, 5.74) is 5.11. The molecule has 0 bridgehead atoms. The molecule has 0 rings (SSSR count). The minimum atomic E-state index is 0.315. The van der Waals surface area contributed by atoms with Crippen LogP contribution < -0.4 is 5.73 Å². The highest BCUT2D eigenvalue weighted by molar-refractivity contribution is 14.1. The summed E-state index contributed by atoms with van der Waals surface area (Å²) in [6.45, 7) is 0. The number of hydrogen-bond donors (Lipinski definition) is 2. The molecule has 0 saturated heterocycles. The SMILES string of the molecule is N=C(N)CCCCI. The van der Waals surface area contributed by atoms with Gasteiger partial charge in [0, 0.05) is 6.42 Å². The Morgan fingerprint density at radius 2 is 2.12 bits per heavy atom. The van der Waals surface area contributed by atoms with Crippen molar-refractivity contribution in [1.82, 2.24) is 0 Å². The Hall–Kier alpha value is 0.200. The lowest BCUT2D eigenvalue weighted by atomic mass is 10.2. The second-order valence-corrected chi connectivity index (χ2v) is 2.75. The number of alkyl halides is 1. The van der Waals surface area contributed by atoms with E-state index in [0.717, 1.165) is 12.8 Å². The summed E-state index contributed by atoms with van der Waals surface area (Å²) in [5.74, 6) is 0.315. The molecular weight excluding hydrogens is 215 g/mol. The van der Waals surface area contributed by atoms with Gasteiger partial charge in [-0.1, -0.05) is 22.6 Å². The molecule has 0 amide bonds. The van der Waals surface area contributed by atoms with E-state index < -0.39 is 0 Å². The Morgan fingerprint density at radius 3 is 2.50 bits per heavy atom. The lowest BCUT2D eigenvalue weighted by molar-refractivity contribution is 0.845. The number of hydrogen-bond acceptors (Lipinski definition) is 1. The van der Waals surface area contributed by atoms with Gasteiger partial charge in [-0.25, -0.2) is 0 Å². The summed E-state index contributed by atoms with van der Waals surface area (Å²) in [6.07, 6.45) is 3.02. The number of nitrogens with one attached hydrogen (secondary N) is 1. The Labute approximate surface area is 63.5 Å². The molecule has 0 aliphatic heterocycles. The predicted molar refractivity (Wildman–Crippen MR) is 44.7 cm³/mol. The van der Waals surface area contributed by atoms with Crippen LogP contribution in [0.3, 0.4) is 0 Å². The second-order valence-electron chi connectivity index (χ2n) is 1.67. The summed E-state index contributed by atoms with van der Waals surface area (Å²) in [7, 11) is 0. The standard InChI is InChI=1S/C5H11IN2/c6-4-2-1-3-5(7)8/h1-4H2,(H3,7,8). The molecule has 0 heterocycles. The molecule has 0 spiro atoms. The zero-order valence-electron chi connectivity index (χ0n) is 4.78. The van der Waals surface area contributed by atoms with Crippen LogP contribution in [-0.4, -0.2) is 10.3 Å². The van der Waals surface area contributed by atoms with Crippen LogP contribution in [0, 0.1) is 5.41 Å². The van der Waals surface area contributed by atoms with E-state index >= 15 is 0 Å². The van der Waals surface area contributed by atoms with Crippen molar-refractivity contribution >= 4 is 28.4 Å². The molecule has 0 aromatic rings. The van der Waals surface area contributed by atoms with Gasteiger partial charge in [0.05, 0.1) is 5.84 Å². The number of halogens is 1. The van der Waals surface area contributed by atoms with E-state index in [2.05, 4.69) is 22.6 Å². The Bertz CT molecular complexity index is 72.8. The van der Waals surface area contributed by atoms with Crippen molar-refractivity contribution in [3.8, 4) is 0 Å². The highest BCUT2D eigenvalue weighted by atomic mass is 127. The van der Waals surface area contributed by atoms with Gasteiger partial charge >= 0.3 is 0 Å². The average Bonchev–Trinajstić information content (AvgIpc) is 1.66. The minimum absolute atomic E-state index is 0.315. The van der Waals surface area contributed by atoms with Gasteiger partial charge in [-0.2, -0.15) is 0 Å². The van der Waals surface area contributed by atoms with Crippen LogP contribution in [0.15, 0.2) is 0 Å². The van der Waals surface area contributed by atoms with Gasteiger partial charge in [0.25, 0.3) is 0 Å². The van der Waals surface area contributed by atoms with E-state index in [-0.39, 0.29) is 0 Å². The zero-order valence-corrected chi connectivity index (χ0v) is 6.94. The summed E-state index contributed by atoms with van der Waals surface area (Å²) in [4.78, 5) is 0. The first-order valence-corrected chi connectivity index (χ1v) is 4.19. The van der Waals surface area contributed by atoms with Crippen molar-refractivity contribution in [1.29, 1.82) is 5.41 Å². The van der Waals surface area contributed by atoms with Crippen LogP contribution in [0.2, 0.25) is 0 Å². The van der Waals surface area contributed by atoms with E-state index in [0.29, 0.717) is 5.84 Å². The lowest BCUT2D eigenvalue weighted by Crippen LogP contribution is -2.08. The molecule has 3 heteroatoms. The molecule has 0 aliphatic carbocycles. The van der Waals surface area contributed by atoms with Crippen molar-refractivity contribution in [3.63, 3.8) is 0 Å². The van der Waals surface area contributed by atoms with E-state index in [1.165, 1.54) is 10.8 Å². The Kier molecular flexibility index (Phi) is 5.47. The van der Waals surface area contributed by atoms with Gasteiger partial charge < -0.3 is 5.73 Å². The predicted octanol–water partition coefficient (Wildman–Crippen LogP) is 1.53.